The van der Waals surface area contributed by atoms with Gasteiger partial charge in [-0.2, -0.15) is 0 Å². The fourth-order valence-electron chi connectivity index (χ4n) is 0.329. The van der Waals surface area contributed by atoms with Gasteiger partial charge < -0.3 is 5.73 Å². The van der Waals surface area contributed by atoms with Gasteiger partial charge in [0.2, 0.25) is 5.91 Å². The van der Waals surface area contributed by atoms with Crippen molar-refractivity contribution in [3.05, 3.63) is 12.2 Å². The van der Waals surface area contributed by atoms with Gasteiger partial charge in [-0.25, -0.2) is 0 Å². The molecule has 0 bridgehead atoms. The molecule has 10 heavy (non-hydrogen) atoms. The Hall–Kier alpha value is 0.0800. The summed E-state index contributed by atoms with van der Waals surface area (Å²) in [4.78, 5) is 10.3. The second-order valence-corrected chi connectivity index (χ2v) is 4.28. The van der Waals surface area contributed by atoms with E-state index < -0.39 is 9.70 Å². The van der Waals surface area contributed by atoms with E-state index in [1.165, 1.54) is 0 Å². The predicted molar refractivity (Wildman–Crippen MR) is 43.2 cm³/mol. The lowest BCUT2D eigenvalue weighted by Crippen LogP contribution is -2.17. The second kappa shape index (κ2) is 3.46. The Kier molecular flexibility index (Phi) is 3.49. The van der Waals surface area contributed by atoms with Gasteiger partial charge in [0.15, 0.2) is 3.79 Å². The molecule has 0 radical (unpaired) electrons. The number of nitrogens with two attached hydrogens (primary N) is 1. The molecule has 2 nitrogen and oxygen atoms in total. The van der Waals surface area contributed by atoms with Crippen molar-refractivity contribution in [2.24, 2.45) is 5.73 Å². The summed E-state index contributed by atoms with van der Waals surface area (Å²) in [6.07, 6.45) is -0.0347. The van der Waals surface area contributed by atoms with Gasteiger partial charge in [0, 0.05) is 12.0 Å². The number of halogens is 3. The van der Waals surface area contributed by atoms with Gasteiger partial charge >= 0.3 is 0 Å². The normalized spacial score (nSPS) is 11.1. The van der Waals surface area contributed by atoms with Crippen LogP contribution in [0.1, 0.15) is 6.42 Å². The molecule has 5 heteroatoms. The molecule has 0 aliphatic carbocycles. The Morgan fingerprint density at radius 1 is 1.50 bits per heavy atom. The van der Waals surface area contributed by atoms with Gasteiger partial charge in [-0.15, -0.1) is 0 Å². The first kappa shape index (κ1) is 10.1. The summed E-state index contributed by atoms with van der Waals surface area (Å²) in [6.45, 7) is 3.31. The Labute approximate surface area is 73.9 Å². The van der Waals surface area contributed by atoms with E-state index in [2.05, 4.69) is 6.58 Å². The third-order valence-corrected chi connectivity index (χ3v) is 1.16. The molecule has 0 aromatic rings. The molecule has 2 N–H and O–H groups in total. The maximum absolute atomic E-state index is 10.3. The number of carbonyl (C=O) groups is 1. The molecule has 0 saturated carbocycles. The first-order valence-corrected chi connectivity index (χ1v) is 3.50. The molecule has 0 fully saturated rings. The topological polar surface area (TPSA) is 43.1 Å². The Balaban J connectivity index is 3.93. The highest BCUT2D eigenvalue weighted by molar-refractivity contribution is 6.67. The van der Waals surface area contributed by atoms with E-state index in [9.17, 15) is 4.79 Å². The van der Waals surface area contributed by atoms with Gasteiger partial charge in [-0.3, -0.25) is 4.79 Å². The largest absolute Gasteiger partial charge is 0.366 e. The van der Waals surface area contributed by atoms with E-state index in [0.29, 0.717) is 0 Å². The molecule has 0 spiro atoms. The van der Waals surface area contributed by atoms with Crippen molar-refractivity contribution in [2.75, 3.05) is 0 Å². The standard InChI is InChI=1S/C5H6Cl3NO/c1-3(4(9)10)2-5(6,7)8/h1-2H2,(H2,9,10). The second-order valence-electron chi connectivity index (χ2n) is 1.76. The first-order chi connectivity index (χ1) is 4.33. The van der Waals surface area contributed by atoms with Crippen molar-refractivity contribution in [2.45, 2.75) is 10.2 Å². The van der Waals surface area contributed by atoms with Crippen LogP contribution in [0.25, 0.3) is 0 Å². The maximum Gasteiger partial charge on any atom is 0.244 e. The summed E-state index contributed by atoms with van der Waals surface area (Å²) in [5.41, 5.74) is 4.94. The minimum Gasteiger partial charge on any atom is -0.366 e. The lowest BCUT2D eigenvalue weighted by molar-refractivity contribution is -0.114. The number of amides is 1. The lowest BCUT2D eigenvalue weighted by atomic mass is 10.2. The summed E-state index contributed by atoms with van der Waals surface area (Å²) in [7, 11) is 0. The highest BCUT2D eigenvalue weighted by Gasteiger charge is 2.22. The van der Waals surface area contributed by atoms with E-state index in [1.54, 1.807) is 0 Å². The minimum absolute atomic E-state index is 0.0347. The van der Waals surface area contributed by atoms with Crippen LogP contribution in [-0.4, -0.2) is 9.70 Å². The van der Waals surface area contributed by atoms with E-state index in [4.69, 9.17) is 40.5 Å². The average molecular weight is 202 g/mol. The quantitative estimate of drug-likeness (QED) is 0.538. The molecule has 0 saturated heterocycles. The van der Waals surface area contributed by atoms with Crippen LogP contribution >= 0.6 is 34.8 Å². The van der Waals surface area contributed by atoms with Gasteiger partial charge in [0.25, 0.3) is 0 Å². The third kappa shape index (κ3) is 4.91. The van der Waals surface area contributed by atoms with E-state index in [-0.39, 0.29) is 12.0 Å². The van der Waals surface area contributed by atoms with Crippen LogP contribution in [-0.2, 0) is 4.79 Å². The van der Waals surface area contributed by atoms with Gasteiger partial charge in [-0.05, 0) is 0 Å². The first-order valence-electron chi connectivity index (χ1n) is 2.37. The number of carbonyl (C=O) groups excluding carboxylic acids is 1. The van der Waals surface area contributed by atoms with Crippen LogP contribution in [0.5, 0.6) is 0 Å². The monoisotopic (exact) mass is 201 g/mol. The Bertz CT molecular complexity index is 161. The molecule has 0 aromatic carbocycles. The van der Waals surface area contributed by atoms with Gasteiger partial charge in [0.05, 0.1) is 0 Å². The van der Waals surface area contributed by atoms with Crippen LogP contribution in [0.2, 0.25) is 0 Å². The SMILES string of the molecule is C=C(CC(Cl)(Cl)Cl)C(N)=O. The molecule has 1 amide bonds. The highest BCUT2D eigenvalue weighted by atomic mass is 35.6. The van der Waals surface area contributed by atoms with E-state index >= 15 is 0 Å². The van der Waals surface area contributed by atoms with Crippen molar-refractivity contribution in [1.29, 1.82) is 0 Å². The van der Waals surface area contributed by atoms with Crippen LogP contribution < -0.4 is 5.73 Å². The summed E-state index contributed by atoms with van der Waals surface area (Å²) >= 11 is 16.0. The zero-order chi connectivity index (χ0) is 8.36. The van der Waals surface area contributed by atoms with Crippen molar-refractivity contribution in [1.82, 2.24) is 0 Å². The molecular weight excluding hydrogens is 196 g/mol. The number of primary amides is 1. The molecular formula is C5H6Cl3NO. The molecule has 0 aliphatic heterocycles. The molecule has 0 unspecified atom stereocenters. The summed E-state index contributed by atoms with van der Waals surface area (Å²) in [5, 5.41) is 0. The van der Waals surface area contributed by atoms with Crippen LogP contribution in [0.4, 0.5) is 0 Å². The fourth-order valence-corrected chi connectivity index (χ4v) is 0.813. The number of rotatable bonds is 2. The molecule has 0 atom stereocenters. The number of hydrogen-bond acceptors (Lipinski definition) is 1. The number of alkyl halides is 3. The molecule has 58 valence electrons. The third-order valence-electron chi connectivity index (χ3n) is 0.762. The smallest absolute Gasteiger partial charge is 0.244 e. The Morgan fingerprint density at radius 3 is 2.00 bits per heavy atom. The van der Waals surface area contributed by atoms with Crippen molar-refractivity contribution < 1.29 is 4.79 Å². The predicted octanol–water partition coefficient (Wildman–Crippen LogP) is 1.79. The molecule has 0 rings (SSSR count). The van der Waals surface area contributed by atoms with Gasteiger partial charge in [0.1, 0.15) is 0 Å². The van der Waals surface area contributed by atoms with E-state index in [1.807, 2.05) is 0 Å². The summed E-state index contributed by atoms with van der Waals surface area (Å²) in [5.74, 6) is -0.647. The highest BCUT2D eigenvalue weighted by Crippen LogP contribution is 2.32. The minimum atomic E-state index is -1.48. The van der Waals surface area contributed by atoms with Crippen LogP contribution in [0.15, 0.2) is 12.2 Å². The Morgan fingerprint density at radius 2 is 1.90 bits per heavy atom. The van der Waals surface area contributed by atoms with Crippen LogP contribution in [0.3, 0.4) is 0 Å². The van der Waals surface area contributed by atoms with Crippen molar-refractivity contribution in [3.63, 3.8) is 0 Å². The maximum atomic E-state index is 10.3. The molecule has 0 heterocycles. The van der Waals surface area contributed by atoms with Crippen LogP contribution in [0, 0.1) is 0 Å². The fraction of sp³-hybridized carbons (Fsp3) is 0.400. The molecule has 0 aromatic heterocycles. The summed E-state index contributed by atoms with van der Waals surface area (Å²) < 4.78 is -1.48. The number of hydrogen-bond donors (Lipinski definition) is 1. The zero-order valence-corrected chi connectivity index (χ0v) is 7.30. The molecule has 0 aliphatic rings. The van der Waals surface area contributed by atoms with Crippen molar-refractivity contribution >= 4 is 40.7 Å². The van der Waals surface area contributed by atoms with Crippen molar-refractivity contribution in [3.8, 4) is 0 Å². The van der Waals surface area contributed by atoms with Gasteiger partial charge in [-0.1, -0.05) is 41.4 Å². The van der Waals surface area contributed by atoms with E-state index in [0.717, 1.165) is 0 Å². The average Bonchev–Trinajstić information content (AvgIpc) is 1.60. The summed E-state index contributed by atoms with van der Waals surface area (Å²) in [6, 6.07) is 0. The lowest BCUT2D eigenvalue weighted by Gasteiger charge is -2.09. The zero-order valence-electron chi connectivity index (χ0n) is 5.03.